The summed E-state index contributed by atoms with van der Waals surface area (Å²) in [6, 6.07) is 8.15. The second kappa shape index (κ2) is 8.22. The van der Waals surface area contributed by atoms with Gasteiger partial charge in [0.05, 0.1) is 12.1 Å². The maximum atomic E-state index is 14.2. The second-order valence-corrected chi connectivity index (χ2v) is 5.93. The first-order valence-corrected chi connectivity index (χ1v) is 8.07. The van der Waals surface area contributed by atoms with Gasteiger partial charge in [-0.25, -0.2) is 8.78 Å². The molecule has 3 N–H and O–H groups in total. The Bertz CT molecular complexity index is 724. The number of rotatable bonds is 6. The van der Waals surface area contributed by atoms with E-state index >= 15 is 0 Å². The molecular formula is C18H19ClF2N2O. The first-order valence-electron chi connectivity index (χ1n) is 7.69. The van der Waals surface area contributed by atoms with Crippen LogP contribution < -0.4 is 11.1 Å². The minimum Gasteiger partial charge on any atom is -0.344 e. The third-order valence-corrected chi connectivity index (χ3v) is 4.05. The lowest BCUT2D eigenvalue weighted by molar-refractivity contribution is -0.123. The summed E-state index contributed by atoms with van der Waals surface area (Å²) in [6.45, 7) is 1.91. The first-order chi connectivity index (χ1) is 11.4. The Hall–Kier alpha value is -1.98. The third kappa shape index (κ3) is 4.30. The predicted octanol–water partition coefficient (Wildman–Crippen LogP) is 3.95. The number of benzene rings is 2. The van der Waals surface area contributed by atoms with Crippen molar-refractivity contribution in [2.24, 2.45) is 5.73 Å². The van der Waals surface area contributed by atoms with Crippen LogP contribution in [-0.2, 0) is 4.79 Å². The zero-order valence-electron chi connectivity index (χ0n) is 13.2. The molecule has 2 atom stereocenters. The summed E-state index contributed by atoms with van der Waals surface area (Å²) in [5.74, 6) is -1.67. The van der Waals surface area contributed by atoms with Crippen molar-refractivity contribution >= 4 is 17.5 Å². The molecule has 0 radical (unpaired) electrons. The van der Waals surface area contributed by atoms with Gasteiger partial charge in [-0.05, 0) is 36.2 Å². The lowest BCUT2D eigenvalue weighted by Crippen LogP contribution is -2.42. The Labute approximate surface area is 144 Å². The molecule has 2 rings (SSSR count). The summed E-state index contributed by atoms with van der Waals surface area (Å²) >= 11 is 6.19. The lowest BCUT2D eigenvalue weighted by Gasteiger charge is -2.23. The summed E-state index contributed by atoms with van der Waals surface area (Å²) in [6.07, 6.45) is 1.23. The van der Waals surface area contributed by atoms with E-state index < -0.39 is 29.6 Å². The molecular weight excluding hydrogens is 334 g/mol. The number of halogens is 3. The molecule has 0 aromatic heterocycles. The van der Waals surface area contributed by atoms with Gasteiger partial charge >= 0.3 is 0 Å². The number of carbonyl (C=O) groups excluding carboxylic acids is 1. The highest BCUT2D eigenvalue weighted by molar-refractivity contribution is 6.31. The van der Waals surface area contributed by atoms with Crippen molar-refractivity contribution in [3.8, 4) is 0 Å². The molecule has 2 unspecified atom stereocenters. The molecule has 0 heterocycles. The Morgan fingerprint density at radius 1 is 1.21 bits per heavy atom. The van der Waals surface area contributed by atoms with E-state index in [4.69, 9.17) is 17.3 Å². The van der Waals surface area contributed by atoms with Gasteiger partial charge in [-0.3, -0.25) is 4.79 Å². The Kier molecular flexibility index (Phi) is 6.29. The second-order valence-electron chi connectivity index (χ2n) is 5.52. The summed E-state index contributed by atoms with van der Waals surface area (Å²) in [5, 5.41) is 3.03. The molecule has 0 saturated carbocycles. The molecule has 0 aliphatic heterocycles. The molecule has 0 spiro atoms. The quantitative estimate of drug-likeness (QED) is 0.827. The molecule has 1 amide bonds. The summed E-state index contributed by atoms with van der Waals surface area (Å²) < 4.78 is 27.8. The van der Waals surface area contributed by atoms with Gasteiger partial charge in [0.15, 0.2) is 0 Å². The van der Waals surface area contributed by atoms with Gasteiger partial charge < -0.3 is 11.1 Å². The fourth-order valence-electron chi connectivity index (χ4n) is 2.46. The molecule has 2 aromatic carbocycles. The summed E-state index contributed by atoms with van der Waals surface area (Å²) in [7, 11) is 0. The SMILES string of the molecule is CCCC(N)C(=O)NC(c1cc(F)ccc1F)c1ccccc1Cl. The third-order valence-electron chi connectivity index (χ3n) is 3.71. The van der Waals surface area contributed by atoms with Crippen LogP contribution in [0.3, 0.4) is 0 Å². The van der Waals surface area contributed by atoms with E-state index in [1.165, 1.54) is 0 Å². The minimum atomic E-state index is -0.926. The highest BCUT2D eigenvalue weighted by atomic mass is 35.5. The number of hydrogen-bond acceptors (Lipinski definition) is 2. The number of nitrogens with one attached hydrogen (secondary N) is 1. The molecule has 2 aromatic rings. The maximum absolute atomic E-state index is 14.2. The van der Waals surface area contributed by atoms with E-state index in [0.717, 1.165) is 24.6 Å². The predicted molar refractivity (Wildman–Crippen MR) is 90.7 cm³/mol. The normalized spacial score (nSPS) is 13.4. The van der Waals surface area contributed by atoms with Crippen LogP contribution in [-0.4, -0.2) is 11.9 Å². The topological polar surface area (TPSA) is 55.1 Å². The molecule has 128 valence electrons. The average Bonchev–Trinajstić information content (AvgIpc) is 2.56. The zero-order valence-corrected chi connectivity index (χ0v) is 14.0. The standard InChI is InChI=1S/C18H19ClF2N2O/c1-2-5-16(22)18(24)23-17(12-6-3-4-7-14(12)19)13-10-11(20)8-9-15(13)21/h3-4,6-10,16-17H,2,5,22H2,1H3,(H,23,24). The van der Waals surface area contributed by atoms with Gasteiger partial charge in [0, 0.05) is 10.6 Å². The Morgan fingerprint density at radius 2 is 1.92 bits per heavy atom. The van der Waals surface area contributed by atoms with Gasteiger partial charge in [-0.1, -0.05) is 43.1 Å². The molecule has 6 heteroatoms. The summed E-state index contributed by atoms with van der Waals surface area (Å²) in [5.41, 5.74) is 6.30. The van der Waals surface area contributed by atoms with Gasteiger partial charge in [0.1, 0.15) is 11.6 Å². The van der Waals surface area contributed by atoms with Gasteiger partial charge in [0.25, 0.3) is 0 Å². The average molecular weight is 353 g/mol. The van der Waals surface area contributed by atoms with Crippen LogP contribution in [0.4, 0.5) is 8.78 Å². The molecule has 0 aliphatic rings. The molecule has 24 heavy (non-hydrogen) atoms. The summed E-state index contributed by atoms with van der Waals surface area (Å²) in [4.78, 5) is 12.3. The lowest BCUT2D eigenvalue weighted by atomic mass is 9.97. The maximum Gasteiger partial charge on any atom is 0.237 e. The molecule has 0 saturated heterocycles. The van der Waals surface area contributed by atoms with Crippen molar-refractivity contribution in [3.63, 3.8) is 0 Å². The molecule has 0 fully saturated rings. The largest absolute Gasteiger partial charge is 0.344 e. The number of amides is 1. The van der Waals surface area contributed by atoms with E-state index in [0.29, 0.717) is 17.0 Å². The van der Waals surface area contributed by atoms with E-state index in [1.54, 1.807) is 24.3 Å². The van der Waals surface area contributed by atoms with Crippen molar-refractivity contribution in [2.45, 2.75) is 31.8 Å². The minimum absolute atomic E-state index is 0.000137. The van der Waals surface area contributed by atoms with Crippen molar-refractivity contribution in [2.75, 3.05) is 0 Å². The van der Waals surface area contributed by atoms with Crippen LogP contribution in [0, 0.1) is 11.6 Å². The molecule has 3 nitrogen and oxygen atoms in total. The van der Waals surface area contributed by atoms with Crippen LogP contribution >= 0.6 is 11.6 Å². The van der Waals surface area contributed by atoms with Crippen LogP contribution in [0.5, 0.6) is 0 Å². The fourth-order valence-corrected chi connectivity index (χ4v) is 2.70. The van der Waals surface area contributed by atoms with Crippen molar-refractivity contribution < 1.29 is 13.6 Å². The van der Waals surface area contributed by atoms with Gasteiger partial charge in [0.2, 0.25) is 5.91 Å². The van der Waals surface area contributed by atoms with Crippen molar-refractivity contribution in [1.82, 2.24) is 5.32 Å². The van der Waals surface area contributed by atoms with E-state index in [2.05, 4.69) is 5.32 Å². The van der Waals surface area contributed by atoms with Crippen molar-refractivity contribution in [3.05, 3.63) is 70.2 Å². The Morgan fingerprint density at radius 3 is 2.58 bits per heavy atom. The monoisotopic (exact) mass is 352 g/mol. The van der Waals surface area contributed by atoms with Gasteiger partial charge in [-0.2, -0.15) is 0 Å². The van der Waals surface area contributed by atoms with Crippen LogP contribution in [0.25, 0.3) is 0 Å². The number of nitrogens with two attached hydrogens (primary N) is 1. The van der Waals surface area contributed by atoms with E-state index in [1.807, 2.05) is 6.92 Å². The fraction of sp³-hybridized carbons (Fsp3) is 0.278. The highest BCUT2D eigenvalue weighted by Gasteiger charge is 2.25. The number of hydrogen-bond donors (Lipinski definition) is 2. The highest BCUT2D eigenvalue weighted by Crippen LogP contribution is 2.30. The smallest absolute Gasteiger partial charge is 0.237 e. The van der Waals surface area contributed by atoms with Crippen LogP contribution in [0.2, 0.25) is 5.02 Å². The molecule has 0 aliphatic carbocycles. The van der Waals surface area contributed by atoms with E-state index in [-0.39, 0.29) is 5.56 Å². The Balaban J connectivity index is 2.44. The molecule has 0 bridgehead atoms. The van der Waals surface area contributed by atoms with Crippen molar-refractivity contribution in [1.29, 1.82) is 0 Å². The van der Waals surface area contributed by atoms with Crippen LogP contribution in [0.1, 0.15) is 36.9 Å². The number of carbonyl (C=O) groups is 1. The first kappa shape index (κ1) is 18.4. The van der Waals surface area contributed by atoms with Gasteiger partial charge in [-0.15, -0.1) is 0 Å². The zero-order chi connectivity index (χ0) is 17.7. The van der Waals surface area contributed by atoms with Crippen LogP contribution in [0.15, 0.2) is 42.5 Å². The van der Waals surface area contributed by atoms with E-state index in [9.17, 15) is 13.6 Å².